The van der Waals surface area contributed by atoms with E-state index in [2.05, 4.69) is 13.8 Å². The van der Waals surface area contributed by atoms with Crippen LogP contribution in [0.2, 0.25) is 0 Å². The molecule has 1 saturated carbocycles. The molecule has 6 rings (SSSR count). The van der Waals surface area contributed by atoms with E-state index in [4.69, 9.17) is 18.6 Å². The fourth-order valence-corrected chi connectivity index (χ4v) is 8.37. The minimum absolute atomic E-state index is 0.0609. The summed E-state index contributed by atoms with van der Waals surface area (Å²) in [4.78, 5) is 39.6. The fourth-order valence-electron chi connectivity index (χ4n) is 8.37. The number of carbonyl (C=O) groups is 3. The maximum Gasteiger partial charge on any atom is 0.316 e. The number of hydrogen-bond acceptors (Lipinski definition) is 7. The Hall–Kier alpha value is -2.67. The predicted molar refractivity (Wildman–Crippen MR) is 119 cm³/mol. The molecule has 34 heavy (non-hydrogen) atoms. The molecule has 3 heterocycles. The second-order valence-electron chi connectivity index (χ2n) is 11.2. The lowest BCUT2D eigenvalue weighted by Crippen LogP contribution is -2.66. The van der Waals surface area contributed by atoms with Gasteiger partial charge in [0.2, 0.25) is 0 Å². The van der Waals surface area contributed by atoms with E-state index >= 15 is 0 Å². The van der Waals surface area contributed by atoms with Crippen LogP contribution in [0.1, 0.15) is 52.2 Å². The molecule has 3 aliphatic carbocycles. The van der Waals surface area contributed by atoms with E-state index in [9.17, 15) is 14.4 Å². The third-order valence-electron chi connectivity index (χ3n) is 9.85. The third-order valence-corrected chi connectivity index (χ3v) is 9.85. The fraction of sp³-hybridized carbons (Fsp3) is 0.593. The van der Waals surface area contributed by atoms with Gasteiger partial charge in [-0.3, -0.25) is 14.4 Å². The summed E-state index contributed by atoms with van der Waals surface area (Å²) < 4.78 is 23.6. The zero-order valence-corrected chi connectivity index (χ0v) is 20.1. The molecule has 0 bridgehead atoms. The van der Waals surface area contributed by atoms with Gasteiger partial charge < -0.3 is 18.6 Å². The van der Waals surface area contributed by atoms with Crippen molar-refractivity contribution in [3.63, 3.8) is 0 Å². The van der Waals surface area contributed by atoms with Crippen molar-refractivity contribution in [2.75, 3.05) is 7.11 Å². The Kier molecular flexibility index (Phi) is 4.31. The Morgan fingerprint density at radius 3 is 2.65 bits per heavy atom. The minimum Gasteiger partial charge on any atom is -0.469 e. The molecule has 3 fully saturated rings. The van der Waals surface area contributed by atoms with E-state index in [1.54, 1.807) is 12.3 Å². The number of allylic oxidation sites excluding steroid dienone is 2. The Morgan fingerprint density at radius 1 is 1.21 bits per heavy atom. The molecule has 0 aromatic carbocycles. The SMILES string of the molecule is COC(=O)C[C@H]1[C@]2(C)C3=C(C)[C@H](c4ccco4)C[C@H]3O[C@@H]2[C@@H]2OC(=O)[C@]3(C)C=CC(=O)[C@@]1(C)[C@@H]23. The second kappa shape index (κ2) is 6.72. The van der Waals surface area contributed by atoms with Crippen molar-refractivity contribution in [1.82, 2.24) is 0 Å². The standard InChI is InChI=1S/C27H30O7/c1-13-14(15-7-6-10-32-15)11-16-20(13)27(4)17(12-19(29)31-5)26(3)18(28)8-9-25(2)22(26)21(23(27)33-16)34-24(25)30/h6-10,14,16-17,21-23H,11-12H2,1-5H3/t14-,16-,17-,21-,22+,23-,25-,26+,27-/m1/s1. The zero-order chi connectivity index (χ0) is 24.2. The second-order valence-corrected chi connectivity index (χ2v) is 11.2. The number of esters is 2. The van der Waals surface area contributed by atoms with Crippen molar-refractivity contribution in [2.24, 2.45) is 28.1 Å². The number of ketones is 1. The van der Waals surface area contributed by atoms with E-state index in [1.807, 2.05) is 26.0 Å². The number of furan rings is 1. The van der Waals surface area contributed by atoms with Crippen molar-refractivity contribution in [3.05, 3.63) is 47.5 Å². The summed E-state index contributed by atoms with van der Waals surface area (Å²) in [5.74, 6) is -0.679. The number of ether oxygens (including phenoxy) is 3. The van der Waals surface area contributed by atoms with Crippen molar-refractivity contribution < 1.29 is 33.0 Å². The maximum atomic E-state index is 13.7. The van der Waals surface area contributed by atoms with Crippen LogP contribution in [0.25, 0.3) is 0 Å². The topological polar surface area (TPSA) is 92.0 Å². The highest BCUT2D eigenvalue weighted by Gasteiger charge is 2.77. The van der Waals surface area contributed by atoms with Gasteiger partial charge in [0.25, 0.3) is 0 Å². The Balaban J connectivity index is 1.58. The summed E-state index contributed by atoms with van der Waals surface area (Å²) in [6, 6.07) is 3.85. The summed E-state index contributed by atoms with van der Waals surface area (Å²) in [6.45, 7) is 7.93. The minimum atomic E-state index is -0.992. The molecule has 0 spiro atoms. The molecule has 1 aromatic heterocycles. The Morgan fingerprint density at radius 2 is 1.97 bits per heavy atom. The number of rotatable bonds is 3. The van der Waals surface area contributed by atoms with Gasteiger partial charge in [-0.15, -0.1) is 0 Å². The predicted octanol–water partition coefficient (Wildman–Crippen LogP) is 3.74. The summed E-state index contributed by atoms with van der Waals surface area (Å²) in [5, 5.41) is 0. The monoisotopic (exact) mass is 466 g/mol. The number of hydrogen-bond donors (Lipinski definition) is 0. The van der Waals surface area contributed by atoms with Crippen LogP contribution in [0.15, 0.2) is 46.1 Å². The highest BCUT2D eigenvalue weighted by atomic mass is 16.6. The largest absolute Gasteiger partial charge is 0.469 e. The highest BCUT2D eigenvalue weighted by molar-refractivity contribution is 6.00. The first-order chi connectivity index (χ1) is 16.1. The van der Waals surface area contributed by atoms with Crippen molar-refractivity contribution in [1.29, 1.82) is 0 Å². The van der Waals surface area contributed by atoms with Crippen LogP contribution in [0, 0.1) is 28.1 Å². The van der Waals surface area contributed by atoms with Crippen LogP contribution >= 0.6 is 0 Å². The summed E-state index contributed by atoms with van der Waals surface area (Å²) in [6.07, 6.45) is 4.45. The van der Waals surface area contributed by atoms with Crippen LogP contribution in [0.3, 0.4) is 0 Å². The molecule has 180 valence electrons. The Bertz CT molecular complexity index is 1160. The van der Waals surface area contributed by atoms with Crippen LogP contribution in [0.5, 0.6) is 0 Å². The van der Waals surface area contributed by atoms with Gasteiger partial charge in [0.1, 0.15) is 18.0 Å². The van der Waals surface area contributed by atoms with Gasteiger partial charge in [-0.2, -0.15) is 0 Å². The molecule has 2 aliphatic heterocycles. The van der Waals surface area contributed by atoms with Crippen molar-refractivity contribution in [3.8, 4) is 0 Å². The summed E-state index contributed by atoms with van der Waals surface area (Å²) in [7, 11) is 1.37. The first-order valence-electron chi connectivity index (χ1n) is 12.0. The van der Waals surface area contributed by atoms with E-state index in [0.29, 0.717) is 0 Å². The zero-order valence-electron chi connectivity index (χ0n) is 20.1. The van der Waals surface area contributed by atoms with Crippen molar-refractivity contribution >= 4 is 17.7 Å². The quantitative estimate of drug-likeness (QED) is 0.495. The summed E-state index contributed by atoms with van der Waals surface area (Å²) >= 11 is 0. The van der Waals surface area contributed by atoms with Gasteiger partial charge in [0.05, 0.1) is 31.3 Å². The normalized spacial score (nSPS) is 46.3. The molecular weight excluding hydrogens is 436 g/mol. The molecule has 2 saturated heterocycles. The lowest BCUT2D eigenvalue weighted by Gasteiger charge is -2.59. The van der Waals surface area contributed by atoms with E-state index in [0.717, 1.165) is 23.3 Å². The molecule has 7 nitrogen and oxygen atoms in total. The van der Waals surface area contributed by atoms with Crippen LogP contribution < -0.4 is 0 Å². The smallest absolute Gasteiger partial charge is 0.316 e. The van der Waals surface area contributed by atoms with Gasteiger partial charge in [-0.25, -0.2) is 0 Å². The van der Waals surface area contributed by atoms with E-state index in [1.165, 1.54) is 13.2 Å². The average Bonchev–Trinajstić information content (AvgIpc) is 3.54. The van der Waals surface area contributed by atoms with Crippen LogP contribution in [0.4, 0.5) is 0 Å². The van der Waals surface area contributed by atoms with Crippen LogP contribution in [-0.2, 0) is 28.6 Å². The first-order valence-corrected chi connectivity index (χ1v) is 12.0. The average molecular weight is 467 g/mol. The molecule has 0 unspecified atom stereocenters. The van der Waals surface area contributed by atoms with Crippen molar-refractivity contribution in [2.45, 2.75) is 64.8 Å². The van der Waals surface area contributed by atoms with Gasteiger partial charge in [-0.1, -0.05) is 25.5 Å². The molecular formula is C27H30O7. The van der Waals surface area contributed by atoms with E-state index < -0.39 is 40.3 Å². The van der Waals surface area contributed by atoms with Gasteiger partial charge in [0, 0.05) is 22.7 Å². The number of fused-ring (bicyclic) bond motifs is 4. The molecule has 0 radical (unpaired) electrons. The lowest BCUT2D eigenvalue weighted by atomic mass is 9.42. The highest BCUT2D eigenvalue weighted by Crippen LogP contribution is 2.72. The molecule has 0 amide bonds. The van der Waals surface area contributed by atoms with E-state index in [-0.39, 0.29) is 36.2 Å². The molecule has 5 aliphatic rings. The van der Waals surface area contributed by atoms with Gasteiger partial charge in [0.15, 0.2) is 5.78 Å². The molecule has 9 atom stereocenters. The summed E-state index contributed by atoms with van der Waals surface area (Å²) in [5.41, 5.74) is -0.363. The lowest BCUT2D eigenvalue weighted by molar-refractivity contribution is -0.190. The Labute approximate surface area is 198 Å². The molecule has 1 aromatic rings. The van der Waals surface area contributed by atoms with Gasteiger partial charge in [-0.05, 0) is 50.0 Å². The maximum absolute atomic E-state index is 13.7. The number of methoxy groups -OCH3 is 1. The first kappa shape index (κ1) is 21.8. The van der Waals surface area contributed by atoms with Crippen LogP contribution in [-0.4, -0.2) is 43.1 Å². The number of carbonyl (C=O) groups excluding carboxylic acids is 3. The molecule has 7 heteroatoms. The third kappa shape index (κ3) is 2.34. The van der Waals surface area contributed by atoms with Gasteiger partial charge >= 0.3 is 11.9 Å². The molecule has 0 N–H and O–H groups in total.